The van der Waals surface area contributed by atoms with Gasteiger partial charge >= 0.3 is 0 Å². The van der Waals surface area contributed by atoms with Crippen LogP contribution in [-0.2, 0) is 0 Å². The molecule has 0 heterocycles. The van der Waals surface area contributed by atoms with Crippen molar-refractivity contribution in [2.24, 2.45) is 0 Å². The molecule has 0 aliphatic carbocycles. The second-order valence-corrected chi connectivity index (χ2v) is 9.58. The lowest BCUT2D eigenvalue weighted by Crippen LogP contribution is -2.16. The van der Waals surface area contributed by atoms with Crippen LogP contribution in [0.2, 0.25) is 19.6 Å². The topological polar surface area (TPSA) is 12.0 Å². The molecule has 0 fully saturated rings. The van der Waals surface area contributed by atoms with Gasteiger partial charge in [-0.2, -0.15) is 0 Å². The zero-order valence-corrected chi connectivity index (χ0v) is 10.2. The summed E-state index contributed by atoms with van der Waals surface area (Å²) >= 11 is 0. The second-order valence-electron chi connectivity index (χ2n) is 4.52. The van der Waals surface area contributed by atoms with Crippen molar-refractivity contribution in [1.29, 1.82) is 0 Å². The van der Waals surface area contributed by atoms with E-state index in [0.29, 0.717) is 0 Å². The van der Waals surface area contributed by atoms with E-state index >= 15 is 0 Å². The SMILES string of the molecule is C[Si](C)(C)/C=C/CNc1ccccc1. The van der Waals surface area contributed by atoms with E-state index in [0.717, 1.165) is 6.54 Å². The van der Waals surface area contributed by atoms with E-state index in [1.54, 1.807) is 0 Å². The molecule has 76 valence electrons. The fourth-order valence-corrected chi connectivity index (χ4v) is 1.97. The lowest BCUT2D eigenvalue weighted by molar-refractivity contribution is 1.34. The number of benzene rings is 1. The van der Waals surface area contributed by atoms with Gasteiger partial charge in [0.2, 0.25) is 0 Å². The number of hydrogen-bond acceptors (Lipinski definition) is 1. The summed E-state index contributed by atoms with van der Waals surface area (Å²) in [7, 11) is -1.02. The van der Waals surface area contributed by atoms with Crippen LogP contribution in [0.1, 0.15) is 0 Å². The van der Waals surface area contributed by atoms with Crippen molar-refractivity contribution < 1.29 is 0 Å². The molecule has 1 N–H and O–H groups in total. The van der Waals surface area contributed by atoms with Gasteiger partial charge in [-0.1, -0.05) is 49.6 Å². The van der Waals surface area contributed by atoms with Gasteiger partial charge in [0.1, 0.15) is 0 Å². The van der Waals surface area contributed by atoms with E-state index in [2.05, 4.69) is 48.9 Å². The van der Waals surface area contributed by atoms with Gasteiger partial charge in [0.05, 0.1) is 8.07 Å². The third-order valence-electron chi connectivity index (χ3n) is 1.82. The summed E-state index contributed by atoms with van der Waals surface area (Å²) in [6.45, 7) is 7.94. The Morgan fingerprint density at radius 3 is 2.36 bits per heavy atom. The zero-order chi connectivity index (χ0) is 10.4. The number of nitrogens with one attached hydrogen (secondary N) is 1. The normalized spacial score (nSPS) is 11.9. The molecular weight excluding hydrogens is 186 g/mol. The van der Waals surface area contributed by atoms with Gasteiger partial charge < -0.3 is 5.32 Å². The highest BCUT2D eigenvalue weighted by Gasteiger charge is 2.05. The first-order valence-corrected chi connectivity index (χ1v) is 8.62. The van der Waals surface area contributed by atoms with Crippen molar-refractivity contribution in [2.45, 2.75) is 19.6 Å². The largest absolute Gasteiger partial charge is 0.382 e. The van der Waals surface area contributed by atoms with Crippen molar-refractivity contribution in [3.8, 4) is 0 Å². The van der Waals surface area contributed by atoms with Crippen LogP contribution in [0.25, 0.3) is 0 Å². The minimum absolute atomic E-state index is 0.925. The van der Waals surface area contributed by atoms with Gasteiger partial charge in [-0.25, -0.2) is 0 Å². The maximum Gasteiger partial charge on any atom is 0.0683 e. The van der Waals surface area contributed by atoms with Crippen LogP contribution in [0.4, 0.5) is 5.69 Å². The molecule has 0 saturated heterocycles. The van der Waals surface area contributed by atoms with Crippen LogP contribution in [0, 0.1) is 0 Å². The Morgan fingerprint density at radius 2 is 1.79 bits per heavy atom. The first-order chi connectivity index (χ1) is 6.58. The van der Waals surface area contributed by atoms with Crippen molar-refractivity contribution >= 4 is 13.8 Å². The van der Waals surface area contributed by atoms with E-state index in [9.17, 15) is 0 Å². The van der Waals surface area contributed by atoms with Crippen molar-refractivity contribution in [3.63, 3.8) is 0 Å². The molecule has 0 unspecified atom stereocenters. The molecule has 1 rings (SSSR count). The fraction of sp³-hybridized carbons (Fsp3) is 0.333. The van der Waals surface area contributed by atoms with Crippen molar-refractivity contribution in [1.82, 2.24) is 0 Å². The quantitative estimate of drug-likeness (QED) is 0.741. The van der Waals surface area contributed by atoms with Crippen LogP contribution >= 0.6 is 0 Å². The predicted octanol–water partition coefficient (Wildman–Crippen LogP) is 3.53. The van der Waals surface area contributed by atoms with E-state index in [1.165, 1.54) is 5.69 Å². The third-order valence-corrected chi connectivity index (χ3v) is 3.05. The van der Waals surface area contributed by atoms with Gasteiger partial charge in [-0.05, 0) is 12.1 Å². The van der Waals surface area contributed by atoms with Crippen molar-refractivity contribution in [3.05, 3.63) is 42.1 Å². The smallest absolute Gasteiger partial charge is 0.0683 e. The maximum absolute atomic E-state index is 3.35. The summed E-state index contributed by atoms with van der Waals surface area (Å²) in [5, 5.41) is 3.35. The summed E-state index contributed by atoms with van der Waals surface area (Å²) in [6.07, 6.45) is 2.24. The summed E-state index contributed by atoms with van der Waals surface area (Å²) in [5.41, 5.74) is 3.55. The van der Waals surface area contributed by atoms with Gasteiger partial charge in [-0.3, -0.25) is 0 Å². The Hall–Kier alpha value is -1.02. The molecule has 0 atom stereocenters. The van der Waals surface area contributed by atoms with Crippen LogP contribution in [0.15, 0.2) is 42.1 Å². The lowest BCUT2D eigenvalue weighted by Gasteiger charge is -2.08. The summed E-state index contributed by atoms with van der Waals surface area (Å²) in [6, 6.07) is 10.3. The molecule has 1 aromatic carbocycles. The molecule has 0 aliphatic heterocycles. The molecule has 0 bridgehead atoms. The number of hydrogen-bond donors (Lipinski definition) is 1. The Balaban J connectivity index is 2.33. The maximum atomic E-state index is 3.35. The molecule has 0 spiro atoms. The van der Waals surface area contributed by atoms with E-state index in [-0.39, 0.29) is 0 Å². The zero-order valence-electron chi connectivity index (χ0n) is 9.25. The molecule has 14 heavy (non-hydrogen) atoms. The number of anilines is 1. The number of para-hydroxylation sites is 1. The van der Waals surface area contributed by atoms with E-state index in [1.807, 2.05) is 18.2 Å². The molecule has 0 aliphatic rings. The average Bonchev–Trinajstić information content (AvgIpc) is 2.13. The minimum atomic E-state index is -1.02. The first-order valence-electron chi connectivity index (χ1n) is 5.04. The predicted molar refractivity (Wildman–Crippen MR) is 67.4 cm³/mol. The summed E-state index contributed by atoms with van der Waals surface area (Å²) in [5.74, 6) is 0. The Morgan fingerprint density at radius 1 is 1.14 bits per heavy atom. The molecular formula is C12H19NSi. The molecule has 0 amide bonds. The fourth-order valence-electron chi connectivity index (χ4n) is 1.15. The van der Waals surface area contributed by atoms with Crippen LogP contribution in [0.5, 0.6) is 0 Å². The average molecular weight is 205 g/mol. The standard InChI is InChI=1S/C12H19NSi/c1-14(2,3)11-7-10-13-12-8-5-4-6-9-12/h4-9,11,13H,10H2,1-3H3/b11-7+. The molecule has 0 aromatic heterocycles. The first kappa shape index (κ1) is 11.1. The van der Waals surface area contributed by atoms with E-state index in [4.69, 9.17) is 0 Å². The third kappa shape index (κ3) is 4.87. The molecule has 2 heteroatoms. The van der Waals surface area contributed by atoms with Crippen molar-refractivity contribution in [2.75, 3.05) is 11.9 Å². The number of rotatable bonds is 4. The lowest BCUT2D eigenvalue weighted by atomic mass is 10.3. The molecule has 0 saturated carbocycles. The Bertz CT molecular complexity index is 285. The Kier molecular flexibility index (Phi) is 3.95. The minimum Gasteiger partial charge on any atom is -0.382 e. The highest BCUT2D eigenvalue weighted by Crippen LogP contribution is 2.05. The molecule has 0 radical (unpaired) electrons. The summed E-state index contributed by atoms with van der Waals surface area (Å²) < 4.78 is 0. The molecule has 1 nitrogen and oxygen atoms in total. The van der Waals surface area contributed by atoms with Crippen LogP contribution < -0.4 is 5.32 Å². The Labute approximate surface area is 87.9 Å². The van der Waals surface area contributed by atoms with Gasteiger partial charge in [-0.15, -0.1) is 0 Å². The van der Waals surface area contributed by atoms with Crippen LogP contribution in [-0.4, -0.2) is 14.6 Å². The molecule has 1 aromatic rings. The van der Waals surface area contributed by atoms with Crippen LogP contribution in [0.3, 0.4) is 0 Å². The van der Waals surface area contributed by atoms with Gasteiger partial charge in [0.15, 0.2) is 0 Å². The highest BCUT2D eigenvalue weighted by molar-refractivity contribution is 6.80. The second kappa shape index (κ2) is 5.01. The van der Waals surface area contributed by atoms with Gasteiger partial charge in [0, 0.05) is 12.2 Å². The van der Waals surface area contributed by atoms with E-state index < -0.39 is 8.07 Å². The monoisotopic (exact) mass is 205 g/mol. The highest BCUT2D eigenvalue weighted by atomic mass is 28.3. The summed E-state index contributed by atoms with van der Waals surface area (Å²) in [4.78, 5) is 0. The van der Waals surface area contributed by atoms with Gasteiger partial charge in [0.25, 0.3) is 0 Å².